The second kappa shape index (κ2) is 5.98. The highest BCUT2D eigenvalue weighted by molar-refractivity contribution is 7.22. The van der Waals surface area contributed by atoms with Gasteiger partial charge in [0.25, 0.3) is 0 Å². The van der Waals surface area contributed by atoms with E-state index in [-0.39, 0.29) is 5.69 Å². The maximum Gasteiger partial charge on any atom is 0.338 e. The van der Waals surface area contributed by atoms with E-state index in [4.69, 9.17) is 0 Å². The van der Waals surface area contributed by atoms with Gasteiger partial charge < -0.3 is 5.32 Å². The number of hydrogen-bond acceptors (Lipinski definition) is 4. The highest BCUT2D eigenvalue weighted by Crippen LogP contribution is 2.26. The topological polar surface area (TPSA) is 57.3 Å². The van der Waals surface area contributed by atoms with Crippen molar-refractivity contribution in [2.75, 3.05) is 17.4 Å². The molecule has 0 fully saturated rings. The minimum Gasteiger partial charge on any atom is -0.304 e. The molecule has 22 heavy (non-hydrogen) atoms. The normalized spacial score (nSPS) is 10.5. The third-order valence-corrected chi connectivity index (χ3v) is 4.07. The van der Waals surface area contributed by atoms with Crippen LogP contribution in [0, 0.1) is 5.82 Å². The molecule has 2 amide bonds. The molecule has 5 nitrogen and oxygen atoms in total. The van der Waals surface area contributed by atoms with Gasteiger partial charge in [0.1, 0.15) is 5.82 Å². The van der Waals surface area contributed by atoms with E-state index in [1.165, 1.54) is 28.5 Å². The number of carbonyl (C=O) groups excluding carboxylic acids is 1. The van der Waals surface area contributed by atoms with Gasteiger partial charge in [-0.1, -0.05) is 35.6 Å². The molecule has 3 aromatic rings. The van der Waals surface area contributed by atoms with Crippen molar-refractivity contribution in [3.05, 3.63) is 54.3 Å². The quantitative estimate of drug-likeness (QED) is 0.726. The molecule has 0 aliphatic heterocycles. The van der Waals surface area contributed by atoms with Gasteiger partial charge in [-0.05, 0) is 24.3 Å². The SMILES string of the molecule is CN(NC(=O)Nc1ccccc1F)c1nc2ccccc2s1. The van der Waals surface area contributed by atoms with Crippen molar-refractivity contribution in [1.29, 1.82) is 0 Å². The molecule has 0 atom stereocenters. The highest BCUT2D eigenvalue weighted by Gasteiger charge is 2.12. The summed E-state index contributed by atoms with van der Waals surface area (Å²) in [6.07, 6.45) is 0. The summed E-state index contributed by atoms with van der Waals surface area (Å²) in [5.74, 6) is -0.486. The number of anilines is 2. The van der Waals surface area contributed by atoms with Crippen LogP contribution in [0.15, 0.2) is 48.5 Å². The Morgan fingerprint density at radius 2 is 1.91 bits per heavy atom. The molecule has 0 radical (unpaired) electrons. The largest absolute Gasteiger partial charge is 0.338 e. The summed E-state index contributed by atoms with van der Waals surface area (Å²) < 4.78 is 14.5. The maximum absolute atomic E-state index is 13.5. The van der Waals surface area contributed by atoms with E-state index >= 15 is 0 Å². The molecule has 0 spiro atoms. The molecule has 0 aliphatic rings. The van der Waals surface area contributed by atoms with Crippen molar-refractivity contribution < 1.29 is 9.18 Å². The first-order chi connectivity index (χ1) is 10.6. The molecule has 7 heteroatoms. The molecule has 0 bridgehead atoms. The number of fused-ring (bicyclic) bond motifs is 1. The van der Waals surface area contributed by atoms with Crippen LogP contribution >= 0.6 is 11.3 Å². The number of amides is 2. The Balaban J connectivity index is 1.69. The molecule has 0 aliphatic carbocycles. The highest BCUT2D eigenvalue weighted by atomic mass is 32.1. The first kappa shape index (κ1) is 14.3. The number of thiazole rings is 1. The fourth-order valence-electron chi connectivity index (χ4n) is 1.92. The predicted octanol–water partition coefficient (Wildman–Crippen LogP) is 3.61. The zero-order valence-electron chi connectivity index (χ0n) is 11.7. The number of urea groups is 1. The van der Waals surface area contributed by atoms with Crippen LogP contribution in [0.3, 0.4) is 0 Å². The van der Waals surface area contributed by atoms with Crippen LogP contribution < -0.4 is 15.8 Å². The Hall–Kier alpha value is -2.67. The summed E-state index contributed by atoms with van der Waals surface area (Å²) in [6.45, 7) is 0. The van der Waals surface area contributed by atoms with Crippen LogP contribution in [-0.2, 0) is 0 Å². The fraction of sp³-hybridized carbons (Fsp3) is 0.0667. The van der Waals surface area contributed by atoms with E-state index in [1.807, 2.05) is 24.3 Å². The minimum absolute atomic E-state index is 0.123. The van der Waals surface area contributed by atoms with Gasteiger partial charge in [0.2, 0.25) is 5.13 Å². The number of rotatable bonds is 3. The number of hydrazine groups is 1. The molecular weight excluding hydrogens is 303 g/mol. The van der Waals surface area contributed by atoms with Crippen molar-refractivity contribution >= 4 is 38.4 Å². The van der Waals surface area contributed by atoms with E-state index < -0.39 is 11.8 Å². The number of halogens is 1. The van der Waals surface area contributed by atoms with E-state index in [9.17, 15) is 9.18 Å². The first-order valence-corrected chi connectivity index (χ1v) is 7.36. The van der Waals surface area contributed by atoms with Gasteiger partial charge in [0, 0.05) is 7.05 Å². The van der Waals surface area contributed by atoms with Crippen LogP contribution in [0.2, 0.25) is 0 Å². The lowest BCUT2D eigenvalue weighted by Gasteiger charge is -2.17. The Kier molecular flexibility index (Phi) is 3.88. The van der Waals surface area contributed by atoms with Crippen LogP contribution in [0.5, 0.6) is 0 Å². The van der Waals surface area contributed by atoms with Gasteiger partial charge in [-0.2, -0.15) is 0 Å². The molecule has 1 heterocycles. The lowest BCUT2D eigenvalue weighted by Crippen LogP contribution is -2.42. The van der Waals surface area contributed by atoms with Crippen LogP contribution in [0.1, 0.15) is 0 Å². The monoisotopic (exact) mass is 316 g/mol. The number of benzene rings is 2. The Bertz CT molecular complexity index is 787. The third-order valence-electron chi connectivity index (χ3n) is 2.96. The average Bonchev–Trinajstić information content (AvgIpc) is 2.93. The summed E-state index contributed by atoms with van der Waals surface area (Å²) in [5, 5.41) is 4.60. The van der Waals surface area contributed by atoms with Gasteiger partial charge in [0.15, 0.2) is 0 Å². The number of carbonyl (C=O) groups is 1. The van der Waals surface area contributed by atoms with Crippen molar-refractivity contribution in [2.24, 2.45) is 0 Å². The molecule has 0 saturated heterocycles. The summed E-state index contributed by atoms with van der Waals surface area (Å²) in [5.41, 5.74) is 3.59. The number of hydrogen-bond donors (Lipinski definition) is 2. The van der Waals surface area contributed by atoms with Crippen molar-refractivity contribution in [3.8, 4) is 0 Å². The molecule has 2 aromatic carbocycles. The van der Waals surface area contributed by atoms with Gasteiger partial charge in [-0.3, -0.25) is 5.01 Å². The van der Waals surface area contributed by atoms with E-state index in [2.05, 4.69) is 15.7 Å². The summed E-state index contributed by atoms with van der Waals surface area (Å²) in [4.78, 5) is 16.3. The number of nitrogens with one attached hydrogen (secondary N) is 2. The molecule has 1 aromatic heterocycles. The summed E-state index contributed by atoms with van der Waals surface area (Å²) in [6, 6.07) is 13.2. The maximum atomic E-state index is 13.5. The Labute approximate surface area is 130 Å². The minimum atomic E-state index is -0.535. The second-order valence-corrected chi connectivity index (χ2v) is 5.58. The fourth-order valence-corrected chi connectivity index (χ4v) is 2.80. The number of aromatic nitrogens is 1. The first-order valence-electron chi connectivity index (χ1n) is 6.55. The molecule has 0 unspecified atom stereocenters. The average molecular weight is 316 g/mol. The summed E-state index contributed by atoms with van der Waals surface area (Å²) in [7, 11) is 1.68. The summed E-state index contributed by atoms with van der Waals surface area (Å²) >= 11 is 1.46. The molecule has 112 valence electrons. The number of nitrogens with zero attached hydrogens (tertiary/aromatic N) is 2. The molecule has 3 rings (SSSR count). The number of para-hydroxylation sites is 2. The van der Waals surface area contributed by atoms with Crippen molar-refractivity contribution in [1.82, 2.24) is 10.4 Å². The van der Waals surface area contributed by atoms with Gasteiger partial charge in [0.05, 0.1) is 15.9 Å². The van der Waals surface area contributed by atoms with Crippen LogP contribution in [0.4, 0.5) is 20.0 Å². The van der Waals surface area contributed by atoms with Gasteiger partial charge >= 0.3 is 6.03 Å². The Morgan fingerprint density at radius 1 is 1.18 bits per heavy atom. The lowest BCUT2D eigenvalue weighted by molar-refractivity contribution is 0.251. The lowest BCUT2D eigenvalue weighted by atomic mass is 10.3. The van der Waals surface area contributed by atoms with Gasteiger partial charge in [-0.15, -0.1) is 0 Å². The van der Waals surface area contributed by atoms with Gasteiger partial charge in [-0.25, -0.2) is 19.6 Å². The standard InChI is InChI=1S/C15H13FN4OS/c1-20(15-18-12-8-4-5-9-13(12)22-15)19-14(21)17-11-7-3-2-6-10(11)16/h2-9H,1H3,(H2,17,19,21). The van der Waals surface area contributed by atoms with Crippen molar-refractivity contribution in [3.63, 3.8) is 0 Å². The molecular formula is C15H13FN4OS. The predicted molar refractivity (Wildman–Crippen MR) is 86.6 cm³/mol. The van der Waals surface area contributed by atoms with E-state index in [1.54, 1.807) is 19.2 Å². The second-order valence-electron chi connectivity index (χ2n) is 4.57. The zero-order chi connectivity index (χ0) is 15.5. The zero-order valence-corrected chi connectivity index (χ0v) is 12.5. The molecule has 0 saturated carbocycles. The van der Waals surface area contributed by atoms with Crippen LogP contribution in [0.25, 0.3) is 10.2 Å². The smallest absolute Gasteiger partial charge is 0.304 e. The molecule has 2 N–H and O–H groups in total. The van der Waals surface area contributed by atoms with Crippen LogP contribution in [-0.4, -0.2) is 18.1 Å². The third kappa shape index (κ3) is 2.99. The Morgan fingerprint density at radius 3 is 2.68 bits per heavy atom. The van der Waals surface area contributed by atoms with Crippen molar-refractivity contribution in [2.45, 2.75) is 0 Å². The van der Waals surface area contributed by atoms with E-state index in [0.29, 0.717) is 5.13 Å². The van der Waals surface area contributed by atoms with E-state index in [0.717, 1.165) is 10.2 Å².